The summed E-state index contributed by atoms with van der Waals surface area (Å²) < 4.78 is 12.4. The minimum Gasteiger partial charge on any atom is -0.490 e. The maximum Gasteiger partial charge on any atom is 0.286 e. The van der Waals surface area contributed by atoms with Gasteiger partial charge in [0.2, 0.25) is 0 Å². The zero-order valence-corrected chi connectivity index (χ0v) is 17.5. The molecule has 1 amide bonds. The highest BCUT2D eigenvalue weighted by Crippen LogP contribution is 2.39. The summed E-state index contributed by atoms with van der Waals surface area (Å²) in [5.41, 5.74) is 7.36. The van der Waals surface area contributed by atoms with E-state index in [2.05, 4.69) is 20.9 Å². The van der Waals surface area contributed by atoms with E-state index in [0.29, 0.717) is 34.6 Å². The third-order valence-electron chi connectivity index (χ3n) is 3.56. The van der Waals surface area contributed by atoms with E-state index in [-0.39, 0.29) is 11.1 Å². The molecule has 0 saturated carbocycles. The van der Waals surface area contributed by atoms with E-state index in [0.717, 1.165) is 27.4 Å². The topological polar surface area (TPSA) is 73.9 Å². The van der Waals surface area contributed by atoms with Crippen LogP contribution in [0.1, 0.15) is 18.1 Å². The summed E-state index contributed by atoms with van der Waals surface area (Å²) in [7, 11) is 0. The lowest BCUT2D eigenvalue weighted by Crippen LogP contribution is -2.01. The molecule has 27 heavy (non-hydrogen) atoms. The van der Waals surface area contributed by atoms with Crippen LogP contribution in [-0.2, 0) is 11.4 Å². The Morgan fingerprint density at radius 1 is 1.26 bits per heavy atom. The van der Waals surface area contributed by atoms with Crippen LogP contribution in [0.5, 0.6) is 11.5 Å². The summed E-state index contributed by atoms with van der Waals surface area (Å²) >= 11 is 10.6. The van der Waals surface area contributed by atoms with Gasteiger partial charge in [0, 0.05) is 5.02 Å². The van der Waals surface area contributed by atoms with Gasteiger partial charge in [0.1, 0.15) is 6.61 Å². The first-order valence-electron chi connectivity index (χ1n) is 8.08. The number of nitrogens with two attached hydrogens (primary N) is 1. The van der Waals surface area contributed by atoms with Gasteiger partial charge < -0.3 is 15.2 Å². The molecule has 0 bridgehead atoms. The van der Waals surface area contributed by atoms with Crippen LogP contribution in [0.4, 0.5) is 0 Å². The molecule has 3 rings (SSSR count). The molecule has 2 N–H and O–H groups in total. The van der Waals surface area contributed by atoms with Crippen molar-refractivity contribution in [2.75, 3.05) is 6.61 Å². The fraction of sp³-hybridized carbons (Fsp3) is 0.158. The predicted octanol–water partition coefficient (Wildman–Crippen LogP) is 5.01. The average molecular weight is 468 g/mol. The van der Waals surface area contributed by atoms with Crippen LogP contribution >= 0.6 is 39.3 Å². The predicted molar refractivity (Wildman–Crippen MR) is 113 cm³/mol. The van der Waals surface area contributed by atoms with E-state index in [9.17, 15) is 4.79 Å². The fourth-order valence-electron chi connectivity index (χ4n) is 2.39. The Labute approximate surface area is 174 Å². The summed E-state index contributed by atoms with van der Waals surface area (Å²) in [5.74, 6) is 0.835. The lowest BCUT2D eigenvalue weighted by molar-refractivity contribution is -0.113. The average Bonchev–Trinajstić information content (AvgIpc) is 2.93. The Kier molecular flexibility index (Phi) is 6.46. The Morgan fingerprint density at radius 2 is 2.00 bits per heavy atom. The first-order valence-corrected chi connectivity index (χ1v) is 10.1. The van der Waals surface area contributed by atoms with E-state index >= 15 is 0 Å². The van der Waals surface area contributed by atoms with Crippen molar-refractivity contribution in [3.05, 3.63) is 61.9 Å². The number of halogens is 2. The van der Waals surface area contributed by atoms with Crippen molar-refractivity contribution >= 4 is 56.4 Å². The highest BCUT2D eigenvalue weighted by molar-refractivity contribution is 9.10. The van der Waals surface area contributed by atoms with E-state index in [1.807, 2.05) is 43.3 Å². The number of hydrogen-bond acceptors (Lipinski definition) is 5. The molecular formula is C19H16BrClN2O3S. The van der Waals surface area contributed by atoms with Gasteiger partial charge in [0.05, 0.1) is 16.0 Å². The van der Waals surface area contributed by atoms with Crippen molar-refractivity contribution < 1.29 is 14.3 Å². The minimum absolute atomic E-state index is 0.248. The maximum absolute atomic E-state index is 11.8. The molecule has 2 aromatic rings. The van der Waals surface area contributed by atoms with Gasteiger partial charge in [-0.05, 0) is 76.1 Å². The first kappa shape index (κ1) is 19.8. The number of hydrogen-bond donors (Lipinski definition) is 1. The number of rotatable bonds is 6. The number of carbonyl (C=O) groups is 1. The molecule has 0 radical (unpaired) electrons. The van der Waals surface area contributed by atoms with Crippen molar-refractivity contribution in [1.29, 1.82) is 0 Å². The van der Waals surface area contributed by atoms with Gasteiger partial charge in [0.15, 0.2) is 16.7 Å². The molecule has 0 fully saturated rings. The van der Waals surface area contributed by atoms with Crippen LogP contribution in [-0.4, -0.2) is 17.7 Å². The standard InChI is InChI=1S/C19H16BrClN2O3S/c1-2-25-15-8-12(9-16-18(24)23-19(22)27-16)7-14(20)17(15)26-10-11-3-5-13(21)6-4-11/h3-9H,2,10H2,1H3,(H2,22,23,24)/b16-9+. The Bertz CT molecular complexity index is 929. The van der Waals surface area contributed by atoms with E-state index in [1.54, 1.807) is 6.08 Å². The number of amides is 1. The summed E-state index contributed by atoms with van der Waals surface area (Å²) in [6.07, 6.45) is 1.73. The number of carbonyl (C=O) groups excluding carboxylic acids is 1. The van der Waals surface area contributed by atoms with Gasteiger partial charge in [-0.2, -0.15) is 4.99 Å². The normalized spacial score (nSPS) is 15.1. The van der Waals surface area contributed by atoms with Crippen molar-refractivity contribution in [2.45, 2.75) is 13.5 Å². The van der Waals surface area contributed by atoms with Crippen molar-refractivity contribution in [3.63, 3.8) is 0 Å². The number of ether oxygens (including phenoxy) is 2. The number of benzene rings is 2. The lowest BCUT2D eigenvalue weighted by Gasteiger charge is -2.15. The molecule has 0 aromatic heterocycles. The third-order valence-corrected chi connectivity index (χ3v) is 5.22. The van der Waals surface area contributed by atoms with Crippen LogP contribution in [0, 0.1) is 0 Å². The molecule has 2 aromatic carbocycles. The zero-order valence-electron chi connectivity index (χ0n) is 14.4. The van der Waals surface area contributed by atoms with Gasteiger partial charge in [-0.3, -0.25) is 4.79 Å². The highest BCUT2D eigenvalue weighted by Gasteiger charge is 2.20. The second-order valence-electron chi connectivity index (χ2n) is 5.54. The molecule has 0 aliphatic carbocycles. The summed E-state index contributed by atoms with van der Waals surface area (Å²) in [4.78, 5) is 16.0. The molecule has 1 heterocycles. The molecule has 0 unspecified atom stereocenters. The van der Waals surface area contributed by atoms with E-state index in [1.165, 1.54) is 0 Å². The third kappa shape index (κ3) is 5.06. The second-order valence-corrected chi connectivity index (χ2v) is 7.90. The Hall–Kier alpha value is -1.96. The van der Waals surface area contributed by atoms with Crippen molar-refractivity contribution in [2.24, 2.45) is 10.7 Å². The largest absolute Gasteiger partial charge is 0.490 e. The lowest BCUT2D eigenvalue weighted by atomic mass is 10.2. The van der Waals surface area contributed by atoms with Crippen molar-refractivity contribution in [3.8, 4) is 11.5 Å². The molecule has 0 atom stereocenters. The molecule has 1 aliphatic heterocycles. The highest BCUT2D eigenvalue weighted by atomic mass is 79.9. The van der Waals surface area contributed by atoms with Crippen LogP contribution in [0.25, 0.3) is 6.08 Å². The molecule has 140 valence electrons. The molecule has 0 saturated heterocycles. The fourth-order valence-corrected chi connectivity index (χ4v) is 3.77. The number of thioether (sulfide) groups is 1. The molecule has 1 aliphatic rings. The second kappa shape index (κ2) is 8.82. The number of amidine groups is 1. The molecule has 5 nitrogen and oxygen atoms in total. The van der Waals surface area contributed by atoms with Crippen LogP contribution in [0.3, 0.4) is 0 Å². The molecule has 0 spiro atoms. The summed E-state index contributed by atoms with van der Waals surface area (Å²) in [5, 5.41) is 0.925. The molecule has 8 heteroatoms. The number of nitrogens with zero attached hydrogens (tertiary/aromatic N) is 1. The maximum atomic E-state index is 11.8. The van der Waals surface area contributed by atoms with E-state index in [4.69, 9.17) is 26.8 Å². The van der Waals surface area contributed by atoms with Gasteiger partial charge in [-0.1, -0.05) is 23.7 Å². The summed E-state index contributed by atoms with van der Waals surface area (Å²) in [6, 6.07) is 11.1. The molecular weight excluding hydrogens is 452 g/mol. The number of aliphatic imine (C=N–C) groups is 1. The van der Waals surface area contributed by atoms with Crippen molar-refractivity contribution in [1.82, 2.24) is 0 Å². The monoisotopic (exact) mass is 466 g/mol. The van der Waals surface area contributed by atoms with Crippen LogP contribution in [0.2, 0.25) is 5.02 Å². The Morgan fingerprint density at radius 3 is 2.63 bits per heavy atom. The minimum atomic E-state index is -0.338. The van der Waals surface area contributed by atoms with E-state index < -0.39 is 0 Å². The van der Waals surface area contributed by atoms with Gasteiger partial charge in [-0.25, -0.2) is 0 Å². The SMILES string of the molecule is CCOc1cc(/C=C2/SC(N)=NC2=O)cc(Br)c1OCc1ccc(Cl)cc1. The van der Waals surface area contributed by atoms with Crippen LogP contribution < -0.4 is 15.2 Å². The van der Waals surface area contributed by atoms with Gasteiger partial charge in [-0.15, -0.1) is 0 Å². The summed E-state index contributed by atoms with van der Waals surface area (Å²) in [6.45, 7) is 2.75. The van der Waals surface area contributed by atoms with Crippen LogP contribution in [0.15, 0.2) is 50.8 Å². The quantitative estimate of drug-likeness (QED) is 0.605. The smallest absolute Gasteiger partial charge is 0.286 e. The zero-order chi connectivity index (χ0) is 19.4. The first-order chi connectivity index (χ1) is 13.0. The van der Waals surface area contributed by atoms with Gasteiger partial charge >= 0.3 is 0 Å². The van der Waals surface area contributed by atoms with Gasteiger partial charge in [0.25, 0.3) is 5.91 Å². The Balaban J connectivity index is 1.85.